The second kappa shape index (κ2) is 10.8. The van der Waals surface area contributed by atoms with E-state index in [0.29, 0.717) is 54.6 Å². The fourth-order valence-corrected chi connectivity index (χ4v) is 5.11. The molecule has 12 heteroatoms. The van der Waals surface area contributed by atoms with Crippen LogP contribution in [0.25, 0.3) is 16.3 Å². The van der Waals surface area contributed by atoms with E-state index in [2.05, 4.69) is 20.3 Å². The van der Waals surface area contributed by atoms with E-state index in [9.17, 15) is 18.0 Å². The van der Waals surface area contributed by atoms with Gasteiger partial charge in [-0.05, 0) is 39.5 Å². The van der Waals surface area contributed by atoms with Gasteiger partial charge in [-0.3, -0.25) is 0 Å². The standard InChI is InChI=1S/C23H29F3N6O2S/c1-3-32-15(2)18-13-28-21(35-18)17-14-31-11-10-27-19(31)20(30-17)34-12-6-4-5-7-16(29-22(32)33)8-9-23(24,25)26/h10-11,13-16H,3-9,12H2,1-2H3,(H,29,33)/t15?,16-/m1/s1. The first kappa shape index (κ1) is 25.2. The van der Waals surface area contributed by atoms with Gasteiger partial charge in [-0.15, -0.1) is 11.3 Å². The van der Waals surface area contributed by atoms with Gasteiger partial charge in [-0.2, -0.15) is 13.2 Å². The van der Waals surface area contributed by atoms with Crippen LogP contribution < -0.4 is 10.1 Å². The third-order valence-electron chi connectivity index (χ3n) is 6.11. The van der Waals surface area contributed by atoms with Crippen molar-refractivity contribution in [2.75, 3.05) is 13.2 Å². The molecule has 2 atom stereocenters. The molecule has 0 saturated carbocycles. The van der Waals surface area contributed by atoms with E-state index < -0.39 is 18.6 Å². The smallest absolute Gasteiger partial charge is 0.389 e. The largest absolute Gasteiger partial charge is 0.475 e. The maximum absolute atomic E-state index is 13.1. The molecule has 0 saturated heterocycles. The highest BCUT2D eigenvalue weighted by Crippen LogP contribution is 2.32. The van der Waals surface area contributed by atoms with Gasteiger partial charge >= 0.3 is 12.2 Å². The number of hydrogen-bond donors (Lipinski definition) is 1. The number of aromatic nitrogens is 4. The first-order chi connectivity index (χ1) is 16.7. The summed E-state index contributed by atoms with van der Waals surface area (Å²) < 4.78 is 46.4. The molecular weight excluding hydrogens is 481 g/mol. The lowest BCUT2D eigenvalue weighted by Crippen LogP contribution is -2.46. The number of hydrogen-bond acceptors (Lipinski definition) is 6. The summed E-state index contributed by atoms with van der Waals surface area (Å²) in [5.41, 5.74) is 1.24. The summed E-state index contributed by atoms with van der Waals surface area (Å²) in [5.74, 6) is 0.414. The summed E-state index contributed by atoms with van der Waals surface area (Å²) in [6, 6.07) is -1.23. The second-order valence-electron chi connectivity index (χ2n) is 8.62. The molecule has 35 heavy (non-hydrogen) atoms. The van der Waals surface area contributed by atoms with Crippen molar-refractivity contribution < 1.29 is 22.7 Å². The van der Waals surface area contributed by atoms with Crippen molar-refractivity contribution in [3.05, 3.63) is 29.7 Å². The predicted octanol–water partition coefficient (Wildman–Crippen LogP) is 5.61. The molecule has 1 unspecified atom stereocenters. The Bertz CT molecular complexity index is 1150. The number of urea groups is 1. The Morgan fingerprint density at radius 3 is 2.86 bits per heavy atom. The van der Waals surface area contributed by atoms with E-state index in [0.717, 1.165) is 11.3 Å². The highest BCUT2D eigenvalue weighted by atomic mass is 32.1. The SMILES string of the molecule is CCN1C(=O)N[C@@H](CCC(F)(F)F)CCCCCOc2nc(cn3ccnc23)-c2ncc(s2)C1C. The molecule has 4 rings (SSSR count). The molecule has 190 valence electrons. The van der Waals surface area contributed by atoms with E-state index in [1.165, 1.54) is 11.3 Å². The number of amides is 2. The van der Waals surface area contributed by atoms with Crippen molar-refractivity contribution in [3.8, 4) is 16.6 Å². The van der Waals surface area contributed by atoms with Crippen LogP contribution in [0.4, 0.5) is 18.0 Å². The van der Waals surface area contributed by atoms with Gasteiger partial charge in [0.25, 0.3) is 5.88 Å². The molecule has 2 amide bonds. The number of nitrogens with zero attached hydrogens (tertiary/aromatic N) is 5. The monoisotopic (exact) mass is 510 g/mol. The van der Waals surface area contributed by atoms with Gasteiger partial charge in [0.05, 0.1) is 12.6 Å². The van der Waals surface area contributed by atoms with Gasteiger partial charge in [0, 0.05) is 48.7 Å². The number of rotatable bonds is 3. The minimum Gasteiger partial charge on any atom is -0.475 e. The molecule has 4 bridgehead atoms. The molecule has 0 aromatic carbocycles. The maximum Gasteiger partial charge on any atom is 0.389 e. The van der Waals surface area contributed by atoms with Crippen LogP contribution in [0.5, 0.6) is 5.88 Å². The number of alkyl halides is 3. The first-order valence-electron chi connectivity index (χ1n) is 11.8. The third kappa shape index (κ3) is 6.22. The number of ether oxygens (including phenoxy) is 1. The summed E-state index contributed by atoms with van der Waals surface area (Å²) >= 11 is 1.42. The third-order valence-corrected chi connectivity index (χ3v) is 7.30. The summed E-state index contributed by atoms with van der Waals surface area (Å²) in [6.45, 7) is 4.55. The first-order valence-corrected chi connectivity index (χ1v) is 12.6. The van der Waals surface area contributed by atoms with Crippen LogP contribution in [0, 0.1) is 0 Å². The van der Waals surface area contributed by atoms with Gasteiger partial charge in [-0.1, -0.05) is 6.42 Å². The Hall–Kier alpha value is -2.89. The van der Waals surface area contributed by atoms with E-state index in [1.807, 2.05) is 30.6 Å². The zero-order chi connectivity index (χ0) is 25.0. The fraction of sp³-hybridized carbons (Fsp3) is 0.565. The van der Waals surface area contributed by atoms with Crippen LogP contribution in [0.1, 0.15) is 63.3 Å². The quantitative estimate of drug-likeness (QED) is 0.495. The molecule has 1 aliphatic rings. The van der Waals surface area contributed by atoms with Crippen LogP contribution in [0.15, 0.2) is 24.8 Å². The number of nitrogens with one attached hydrogen (secondary N) is 1. The van der Waals surface area contributed by atoms with Gasteiger partial charge in [0.15, 0.2) is 0 Å². The molecule has 0 radical (unpaired) electrons. The van der Waals surface area contributed by atoms with Crippen molar-refractivity contribution in [3.63, 3.8) is 0 Å². The normalized spacial score (nSPS) is 20.4. The Labute approximate surface area is 205 Å². The van der Waals surface area contributed by atoms with Crippen LogP contribution in [-0.4, -0.2) is 55.7 Å². The molecule has 0 aliphatic carbocycles. The molecule has 1 N–H and O–H groups in total. The molecule has 8 nitrogen and oxygen atoms in total. The predicted molar refractivity (Wildman–Crippen MR) is 126 cm³/mol. The van der Waals surface area contributed by atoms with Gasteiger partial charge in [-0.25, -0.2) is 19.7 Å². The number of carbonyl (C=O) groups is 1. The summed E-state index contributed by atoms with van der Waals surface area (Å²) in [4.78, 5) is 29.1. The minimum atomic E-state index is -4.26. The molecule has 4 heterocycles. The molecule has 0 spiro atoms. The van der Waals surface area contributed by atoms with Crippen LogP contribution >= 0.6 is 11.3 Å². The van der Waals surface area contributed by atoms with Gasteiger partial charge in [0.2, 0.25) is 5.65 Å². The topological polar surface area (TPSA) is 84.7 Å². The molecular formula is C23H29F3N6O2S. The van der Waals surface area contributed by atoms with E-state index in [4.69, 9.17) is 4.74 Å². The summed E-state index contributed by atoms with van der Waals surface area (Å²) in [7, 11) is 0. The Balaban J connectivity index is 1.63. The molecule has 0 fully saturated rings. The van der Waals surface area contributed by atoms with Crippen LogP contribution in [0.3, 0.4) is 0 Å². The number of halogens is 3. The summed E-state index contributed by atoms with van der Waals surface area (Å²) in [6.07, 6.45) is 4.32. The Morgan fingerprint density at radius 2 is 2.09 bits per heavy atom. The molecule has 3 aromatic rings. The number of carbonyl (C=O) groups excluding carboxylic acids is 1. The lowest BCUT2D eigenvalue weighted by Gasteiger charge is -2.30. The lowest BCUT2D eigenvalue weighted by atomic mass is 10.0. The van der Waals surface area contributed by atoms with Crippen molar-refractivity contribution >= 4 is 23.0 Å². The molecule has 1 aliphatic heterocycles. The Kier molecular flexibility index (Phi) is 7.78. The summed E-state index contributed by atoms with van der Waals surface area (Å²) in [5, 5.41) is 3.53. The lowest BCUT2D eigenvalue weighted by molar-refractivity contribution is -0.136. The van der Waals surface area contributed by atoms with Gasteiger partial charge < -0.3 is 19.4 Å². The number of fused-ring (bicyclic) bond motifs is 7. The van der Waals surface area contributed by atoms with Crippen molar-refractivity contribution in [2.45, 2.75) is 70.6 Å². The van der Waals surface area contributed by atoms with Crippen molar-refractivity contribution in [2.24, 2.45) is 0 Å². The van der Waals surface area contributed by atoms with Crippen molar-refractivity contribution in [1.29, 1.82) is 0 Å². The zero-order valence-electron chi connectivity index (χ0n) is 19.7. The highest BCUT2D eigenvalue weighted by molar-refractivity contribution is 7.15. The average Bonchev–Trinajstić information content (AvgIpc) is 3.48. The highest BCUT2D eigenvalue weighted by Gasteiger charge is 2.30. The van der Waals surface area contributed by atoms with E-state index >= 15 is 0 Å². The minimum absolute atomic E-state index is 0.143. The fourth-order valence-electron chi connectivity index (χ4n) is 4.17. The Morgan fingerprint density at radius 1 is 1.26 bits per heavy atom. The second-order valence-corrected chi connectivity index (χ2v) is 9.68. The van der Waals surface area contributed by atoms with Gasteiger partial charge in [0.1, 0.15) is 10.7 Å². The maximum atomic E-state index is 13.1. The van der Waals surface area contributed by atoms with Crippen molar-refractivity contribution in [1.82, 2.24) is 29.6 Å². The molecule has 3 aromatic heterocycles. The van der Waals surface area contributed by atoms with Crippen LogP contribution in [-0.2, 0) is 0 Å². The van der Waals surface area contributed by atoms with E-state index in [1.54, 1.807) is 17.3 Å². The zero-order valence-corrected chi connectivity index (χ0v) is 20.5. The number of imidazole rings is 1. The average molecular weight is 511 g/mol. The van der Waals surface area contributed by atoms with E-state index in [-0.39, 0.29) is 18.5 Å². The van der Waals surface area contributed by atoms with Crippen LogP contribution in [0.2, 0.25) is 0 Å². The number of thiazole rings is 1.